The number of hydrogen-bond donors (Lipinski definition) is 0. The molecule has 3 aliphatic rings. The van der Waals surface area contributed by atoms with Crippen LogP contribution in [0.25, 0.3) is 72.0 Å². The summed E-state index contributed by atoms with van der Waals surface area (Å²) in [5.74, 6) is 0. The molecular formula is C70H48N2S. The normalized spacial score (nSPS) is 14.1. The van der Waals surface area contributed by atoms with Gasteiger partial charge in [-0.1, -0.05) is 214 Å². The first-order valence-corrected chi connectivity index (χ1v) is 26.2. The van der Waals surface area contributed by atoms with Crippen LogP contribution in [0.1, 0.15) is 47.2 Å². The third-order valence-corrected chi connectivity index (χ3v) is 17.4. The SMILES string of the molecule is CC1(C)c2ccccc2-c2ccc(N(c3ccc(-c4ccccc4)cc3)c3ccc(-c4ccc(-n5c6ccccc6c6ccccc65)cc4)c4c3C3(c5ccccc5Sc5ccccc53)c3ccccc3-4)cc21. The molecule has 0 bridgehead atoms. The molecule has 2 aliphatic carbocycles. The molecule has 0 saturated heterocycles. The first kappa shape index (κ1) is 42.1. The topological polar surface area (TPSA) is 8.17 Å². The lowest BCUT2D eigenvalue weighted by Gasteiger charge is -2.42. The van der Waals surface area contributed by atoms with Gasteiger partial charge in [0.15, 0.2) is 0 Å². The molecular weight excluding hydrogens is 901 g/mol. The largest absolute Gasteiger partial charge is 0.310 e. The number of anilines is 3. The molecule has 0 radical (unpaired) electrons. The van der Waals surface area contributed by atoms with E-state index in [0.29, 0.717) is 0 Å². The zero-order valence-corrected chi connectivity index (χ0v) is 41.4. The standard InChI is InChI=1S/C70H48N2S/c1-69(2)57-24-10-6-20-52(57)53-41-40-50(44-61(53)69)71(48-36-32-46(33-37-48)45-18-4-3-5-19-45)64-43-42-51(47-34-38-49(39-35-47)72-62-28-14-8-21-54(62)55-22-9-15-29-63(55)72)67-56-23-7-11-25-58(56)70(68(64)67)59-26-12-16-30-65(59)73-66-31-17-13-27-60(66)70/h3-44H,1-2H3. The van der Waals surface area contributed by atoms with E-state index in [-0.39, 0.29) is 5.41 Å². The van der Waals surface area contributed by atoms with Crippen molar-refractivity contribution < 1.29 is 0 Å². The summed E-state index contributed by atoms with van der Waals surface area (Å²) in [5.41, 5.74) is 24.1. The summed E-state index contributed by atoms with van der Waals surface area (Å²) in [6, 6.07) is 95.5. The van der Waals surface area contributed by atoms with Gasteiger partial charge in [0.1, 0.15) is 0 Å². The Labute approximate surface area is 430 Å². The maximum absolute atomic E-state index is 2.57. The van der Waals surface area contributed by atoms with E-state index in [2.05, 4.69) is 278 Å². The first-order valence-electron chi connectivity index (χ1n) is 25.4. The Hall–Kier alpha value is -8.63. The van der Waals surface area contributed by atoms with E-state index in [1.165, 1.54) is 109 Å². The van der Waals surface area contributed by atoms with Crippen molar-refractivity contribution >= 4 is 50.6 Å². The number of hydrogen-bond acceptors (Lipinski definition) is 2. The maximum atomic E-state index is 2.57. The molecule has 12 aromatic rings. The van der Waals surface area contributed by atoms with Gasteiger partial charge in [-0.3, -0.25) is 0 Å². The lowest BCUT2D eigenvalue weighted by Crippen LogP contribution is -2.33. The summed E-state index contributed by atoms with van der Waals surface area (Å²) in [7, 11) is 0. The molecule has 0 unspecified atom stereocenters. The highest BCUT2D eigenvalue weighted by molar-refractivity contribution is 7.99. The van der Waals surface area contributed by atoms with Crippen LogP contribution in [0.4, 0.5) is 17.1 Å². The fraction of sp³-hybridized carbons (Fsp3) is 0.0571. The van der Waals surface area contributed by atoms with E-state index in [1.807, 2.05) is 11.8 Å². The average Bonchev–Trinajstić information content (AvgIpc) is 4.03. The molecule has 0 N–H and O–H groups in total. The van der Waals surface area contributed by atoms with Gasteiger partial charge in [0.2, 0.25) is 0 Å². The summed E-state index contributed by atoms with van der Waals surface area (Å²) in [6.45, 7) is 4.78. The third-order valence-electron chi connectivity index (χ3n) is 16.3. The summed E-state index contributed by atoms with van der Waals surface area (Å²) in [6.07, 6.45) is 0. The van der Waals surface area contributed by atoms with Gasteiger partial charge in [-0.2, -0.15) is 0 Å². The number of benzene rings is 11. The molecule has 3 heteroatoms. The van der Waals surface area contributed by atoms with Crippen LogP contribution in [-0.2, 0) is 10.8 Å². The second kappa shape index (κ2) is 15.9. The Bertz CT molecular complexity index is 4100. The van der Waals surface area contributed by atoms with Gasteiger partial charge in [-0.25, -0.2) is 0 Å². The summed E-state index contributed by atoms with van der Waals surface area (Å²) in [5, 5.41) is 2.53. The summed E-state index contributed by atoms with van der Waals surface area (Å²) < 4.78 is 2.41. The van der Waals surface area contributed by atoms with Crippen molar-refractivity contribution in [1.82, 2.24) is 4.57 Å². The average molecular weight is 949 g/mol. The summed E-state index contributed by atoms with van der Waals surface area (Å²) in [4.78, 5) is 5.14. The monoisotopic (exact) mass is 948 g/mol. The van der Waals surface area contributed by atoms with E-state index in [0.717, 1.165) is 22.7 Å². The van der Waals surface area contributed by atoms with Crippen molar-refractivity contribution in [3.05, 3.63) is 288 Å². The predicted octanol–water partition coefficient (Wildman–Crippen LogP) is 18.7. The van der Waals surface area contributed by atoms with Crippen LogP contribution < -0.4 is 4.90 Å². The fourth-order valence-electron chi connectivity index (χ4n) is 13.1. The zero-order chi connectivity index (χ0) is 48.4. The molecule has 2 heterocycles. The minimum atomic E-state index is -0.646. The van der Waals surface area contributed by atoms with Crippen LogP contribution in [0.15, 0.2) is 265 Å². The minimum Gasteiger partial charge on any atom is -0.310 e. The molecule has 1 aliphatic heterocycles. The molecule has 1 aromatic heterocycles. The van der Waals surface area contributed by atoms with E-state index in [1.54, 1.807) is 0 Å². The number of aromatic nitrogens is 1. The van der Waals surface area contributed by atoms with Crippen LogP contribution in [0, 0.1) is 0 Å². The highest BCUT2D eigenvalue weighted by Crippen LogP contribution is 2.66. The van der Waals surface area contributed by atoms with Crippen molar-refractivity contribution in [2.45, 2.75) is 34.5 Å². The van der Waals surface area contributed by atoms with Crippen LogP contribution in [0.5, 0.6) is 0 Å². The van der Waals surface area contributed by atoms with Gasteiger partial charge >= 0.3 is 0 Å². The number of nitrogens with zero attached hydrogens (tertiary/aromatic N) is 2. The molecule has 15 rings (SSSR count). The predicted molar refractivity (Wildman–Crippen MR) is 305 cm³/mol. The van der Waals surface area contributed by atoms with E-state index in [4.69, 9.17) is 0 Å². The Morgan fingerprint density at radius 3 is 1.56 bits per heavy atom. The lowest BCUT2D eigenvalue weighted by molar-refractivity contribution is 0.660. The zero-order valence-electron chi connectivity index (χ0n) is 40.6. The molecule has 0 saturated carbocycles. The van der Waals surface area contributed by atoms with Gasteiger partial charge in [0, 0.05) is 48.6 Å². The highest BCUT2D eigenvalue weighted by atomic mass is 32.2. The van der Waals surface area contributed by atoms with E-state index >= 15 is 0 Å². The van der Waals surface area contributed by atoms with Gasteiger partial charge in [-0.15, -0.1) is 0 Å². The quantitative estimate of drug-likeness (QED) is 0.164. The Morgan fingerprint density at radius 1 is 0.370 bits per heavy atom. The Balaban J connectivity index is 1.02. The second-order valence-corrected chi connectivity index (χ2v) is 21.4. The Kier molecular flexibility index (Phi) is 9.19. The van der Waals surface area contributed by atoms with Crippen molar-refractivity contribution in [3.63, 3.8) is 0 Å². The van der Waals surface area contributed by atoms with Crippen molar-refractivity contribution in [2.75, 3.05) is 4.90 Å². The van der Waals surface area contributed by atoms with Crippen molar-refractivity contribution in [3.8, 4) is 50.2 Å². The van der Waals surface area contributed by atoms with Gasteiger partial charge < -0.3 is 9.47 Å². The van der Waals surface area contributed by atoms with Crippen LogP contribution in [-0.4, -0.2) is 4.57 Å². The maximum Gasteiger partial charge on any atom is 0.0756 e. The molecule has 2 nitrogen and oxygen atoms in total. The lowest BCUT2D eigenvalue weighted by atomic mass is 9.66. The molecule has 0 atom stereocenters. The van der Waals surface area contributed by atoms with E-state index in [9.17, 15) is 0 Å². The molecule has 11 aromatic carbocycles. The summed E-state index contributed by atoms with van der Waals surface area (Å²) >= 11 is 1.89. The number of para-hydroxylation sites is 2. The van der Waals surface area contributed by atoms with Crippen LogP contribution in [0.2, 0.25) is 0 Å². The van der Waals surface area contributed by atoms with Gasteiger partial charge in [0.05, 0.1) is 22.1 Å². The molecule has 344 valence electrons. The smallest absolute Gasteiger partial charge is 0.0756 e. The minimum absolute atomic E-state index is 0.183. The van der Waals surface area contributed by atoms with Crippen LogP contribution in [0.3, 0.4) is 0 Å². The molecule has 1 spiro atoms. The van der Waals surface area contributed by atoms with Crippen LogP contribution >= 0.6 is 11.8 Å². The van der Waals surface area contributed by atoms with E-state index < -0.39 is 5.41 Å². The Morgan fingerprint density at radius 2 is 0.877 bits per heavy atom. The van der Waals surface area contributed by atoms with Gasteiger partial charge in [-0.05, 0) is 139 Å². The number of rotatable bonds is 6. The first-order chi connectivity index (χ1) is 36.0. The molecule has 0 fully saturated rings. The van der Waals surface area contributed by atoms with Gasteiger partial charge in [0.25, 0.3) is 0 Å². The highest BCUT2D eigenvalue weighted by Gasteiger charge is 2.53. The number of fused-ring (bicyclic) bond motifs is 15. The molecule has 73 heavy (non-hydrogen) atoms. The van der Waals surface area contributed by atoms with Crippen molar-refractivity contribution in [1.29, 1.82) is 0 Å². The third kappa shape index (κ3) is 6.00. The fourth-order valence-corrected chi connectivity index (χ4v) is 14.3. The van der Waals surface area contributed by atoms with Crippen molar-refractivity contribution in [2.24, 2.45) is 0 Å². The second-order valence-electron chi connectivity index (χ2n) is 20.3. The molecule has 0 amide bonds.